The molecule has 0 spiro atoms. The number of hydrogen-bond acceptors (Lipinski definition) is 3. The van der Waals surface area contributed by atoms with Crippen molar-refractivity contribution in [1.82, 2.24) is 15.2 Å². The summed E-state index contributed by atoms with van der Waals surface area (Å²) >= 11 is 0. The Morgan fingerprint density at radius 2 is 1.81 bits per heavy atom. The van der Waals surface area contributed by atoms with E-state index in [4.69, 9.17) is 5.73 Å². The minimum atomic E-state index is -0.333. The van der Waals surface area contributed by atoms with Crippen molar-refractivity contribution in [3.05, 3.63) is 24.5 Å². The van der Waals surface area contributed by atoms with E-state index in [1.807, 2.05) is 29.1 Å². The summed E-state index contributed by atoms with van der Waals surface area (Å²) < 4.78 is 1.96. The zero-order valence-electron chi connectivity index (χ0n) is 8.98. The van der Waals surface area contributed by atoms with Gasteiger partial charge in [0.15, 0.2) is 0 Å². The lowest BCUT2D eigenvalue weighted by Crippen LogP contribution is -2.40. The Bertz CT molecular complexity index is 335. The lowest BCUT2D eigenvalue weighted by atomic mass is 10.5. The quantitative estimate of drug-likeness (QED) is 0.560. The highest BCUT2D eigenvalue weighted by molar-refractivity contribution is 5.85. The highest BCUT2D eigenvalue weighted by Gasteiger charge is 2.02. The van der Waals surface area contributed by atoms with Gasteiger partial charge in [0.05, 0.1) is 13.1 Å². The van der Waals surface area contributed by atoms with Crippen LogP contribution in [0.4, 0.5) is 0 Å². The minimum Gasteiger partial charge on any atom is -0.353 e. The van der Waals surface area contributed by atoms with Gasteiger partial charge in [-0.05, 0) is 12.1 Å². The number of nitrogens with one attached hydrogen (secondary N) is 2. The fourth-order valence-electron chi connectivity index (χ4n) is 1.16. The molecule has 2 amide bonds. The van der Waals surface area contributed by atoms with E-state index in [0.717, 1.165) is 0 Å². The molecule has 0 aliphatic heterocycles. The monoisotopic (exact) mass is 224 g/mol. The van der Waals surface area contributed by atoms with E-state index in [1.54, 1.807) is 0 Å². The van der Waals surface area contributed by atoms with Gasteiger partial charge in [-0.25, -0.2) is 0 Å². The number of nitrogens with two attached hydrogens (primary N) is 1. The van der Waals surface area contributed by atoms with Gasteiger partial charge in [-0.2, -0.15) is 0 Å². The Hall–Kier alpha value is -1.82. The molecule has 0 saturated heterocycles. The maximum absolute atomic E-state index is 11.2. The SMILES string of the molecule is NCC(=O)NCC(=O)NCCn1cccc1. The van der Waals surface area contributed by atoms with Crippen LogP contribution in [0.15, 0.2) is 24.5 Å². The molecule has 6 nitrogen and oxygen atoms in total. The molecule has 1 heterocycles. The first-order valence-corrected chi connectivity index (χ1v) is 5.06. The highest BCUT2D eigenvalue weighted by atomic mass is 16.2. The largest absolute Gasteiger partial charge is 0.353 e. The topological polar surface area (TPSA) is 89.2 Å². The van der Waals surface area contributed by atoms with Gasteiger partial charge in [-0.3, -0.25) is 9.59 Å². The summed E-state index contributed by atoms with van der Waals surface area (Å²) in [6.07, 6.45) is 3.84. The molecule has 0 aliphatic rings. The third-order valence-electron chi connectivity index (χ3n) is 1.99. The Labute approximate surface area is 93.8 Å². The Morgan fingerprint density at radius 3 is 2.44 bits per heavy atom. The van der Waals surface area contributed by atoms with E-state index in [0.29, 0.717) is 13.1 Å². The Kier molecular flexibility index (Phi) is 5.07. The number of aromatic nitrogens is 1. The lowest BCUT2D eigenvalue weighted by Gasteiger charge is -2.06. The molecule has 4 N–H and O–H groups in total. The van der Waals surface area contributed by atoms with Crippen LogP contribution in [0.2, 0.25) is 0 Å². The van der Waals surface area contributed by atoms with Crippen molar-refractivity contribution in [3.8, 4) is 0 Å². The number of amides is 2. The number of carbonyl (C=O) groups is 2. The molecular weight excluding hydrogens is 208 g/mol. The molecular formula is C10H16N4O2. The highest BCUT2D eigenvalue weighted by Crippen LogP contribution is 1.87. The van der Waals surface area contributed by atoms with Crippen molar-refractivity contribution >= 4 is 11.8 Å². The van der Waals surface area contributed by atoms with Crippen LogP contribution in [0.3, 0.4) is 0 Å². The zero-order valence-corrected chi connectivity index (χ0v) is 8.98. The maximum Gasteiger partial charge on any atom is 0.239 e. The average molecular weight is 224 g/mol. The van der Waals surface area contributed by atoms with Gasteiger partial charge in [0.1, 0.15) is 0 Å². The zero-order chi connectivity index (χ0) is 11.8. The predicted octanol–water partition coefficient (Wildman–Crippen LogP) is -1.32. The molecule has 0 fully saturated rings. The molecule has 0 aliphatic carbocycles. The third-order valence-corrected chi connectivity index (χ3v) is 1.99. The van der Waals surface area contributed by atoms with E-state index >= 15 is 0 Å². The van der Waals surface area contributed by atoms with Crippen LogP contribution in [0, 0.1) is 0 Å². The van der Waals surface area contributed by atoms with Gasteiger partial charge in [0.2, 0.25) is 11.8 Å². The molecule has 0 bridgehead atoms. The van der Waals surface area contributed by atoms with Crippen LogP contribution in [0.25, 0.3) is 0 Å². The van der Waals surface area contributed by atoms with Crippen molar-refractivity contribution in [1.29, 1.82) is 0 Å². The molecule has 16 heavy (non-hydrogen) atoms. The Balaban J connectivity index is 2.09. The van der Waals surface area contributed by atoms with E-state index < -0.39 is 0 Å². The molecule has 0 saturated carbocycles. The van der Waals surface area contributed by atoms with Gasteiger partial charge in [0.25, 0.3) is 0 Å². The maximum atomic E-state index is 11.2. The number of nitrogens with zero attached hydrogens (tertiary/aromatic N) is 1. The van der Waals surface area contributed by atoms with Crippen LogP contribution in [0.5, 0.6) is 0 Å². The average Bonchev–Trinajstić information content (AvgIpc) is 2.79. The molecule has 0 atom stereocenters. The predicted molar refractivity (Wildman–Crippen MR) is 59.5 cm³/mol. The second kappa shape index (κ2) is 6.62. The summed E-state index contributed by atoms with van der Waals surface area (Å²) in [5, 5.41) is 5.08. The number of carbonyl (C=O) groups excluding carboxylic acids is 2. The van der Waals surface area contributed by atoms with Crippen LogP contribution in [-0.4, -0.2) is 36.0 Å². The Morgan fingerprint density at radius 1 is 1.12 bits per heavy atom. The first-order chi connectivity index (χ1) is 7.72. The molecule has 1 rings (SSSR count). The molecule has 6 heteroatoms. The summed E-state index contributed by atoms with van der Waals surface area (Å²) in [6, 6.07) is 3.84. The van der Waals surface area contributed by atoms with Crippen LogP contribution in [-0.2, 0) is 16.1 Å². The fraction of sp³-hybridized carbons (Fsp3) is 0.400. The second-order valence-corrected chi connectivity index (χ2v) is 3.25. The van der Waals surface area contributed by atoms with Crippen molar-refractivity contribution in [2.45, 2.75) is 6.54 Å². The summed E-state index contributed by atoms with van der Waals surface area (Å²) in [5.41, 5.74) is 5.08. The van der Waals surface area contributed by atoms with Gasteiger partial charge < -0.3 is 20.9 Å². The van der Waals surface area contributed by atoms with Gasteiger partial charge in [-0.1, -0.05) is 0 Å². The fourth-order valence-corrected chi connectivity index (χ4v) is 1.16. The van der Waals surface area contributed by atoms with Gasteiger partial charge in [0, 0.05) is 25.5 Å². The number of rotatable bonds is 6. The molecule has 1 aromatic heterocycles. The third kappa shape index (κ3) is 4.61. The van der Waals surface area contributed by atoms with Crippen molar-refractivity contribution in [2.75, 3.05) is 19.6 Å². The van der Waals surface area contributed by atoms with Crippen LogP contribution < -0.4 is 16.4 Å². The van der Waals surface area contributed by atoms with E-state index in [9.17, 15) is 9.59 Å². The minimum absolute atomic E-state index is 0.0261. The van der Waals surface area contributed by atoms with E-state index in [-0.39, 0.29) is 24.9 Å². The first kappa shape index (κ1) is 12.3. The summed E-state index contributed by atoms with van der Waals surface area (Å²) in [4.78, 5) is 22.0. The van der Waals surface area contributed by atoms with Gasteiger partial charge in [-0.15, -0.1) is 0 Å². The van der Waals surface area contributed by atoms with Gasteiger partial charge >= 0.3 is 0 Å². The standard InChI is InChI=1S/C10H16N4O2/c11-7-9(15)13-8-10(16)12-3-6-14-4-1-2-5-14/h1-2,4-5H,3,6-8,11H2,(H,12,16)(H,13,15). The normalized spacial score (nSPS) is 9.81. The molecule has 0 unspecified atom stereocenters. The molecule has 0 radical (unpaired) electrons. The molecule has 1 aromatic rings. The summed E-state index contributed by atoms with van der Waals surface area (Å²) in [7, 11) is 0. The molecule has 88 valence electrons. The van der Waals surface area contributed by atoms with E-state index in [1.165, 1.54) is 0 Å². The lowest BCUT2D eigenvalue weighted by molar-refractivity contribution is -0.125. The second-order valence-electron chi connectivity index (χ2n) is 3.25. The van der Waals surface area contributed by atoms with Crippen LogP contribution >= 0.6 is 0 Å². The smallest absolute Gasteiger partial charge is 0.239 e. The first-order valence-electron chi connectivity index (χ1n) is 5.06. The van der Waals surface area contributed by atoms with E-state index in [2.05, 4.69) is 10.6 Å². The van der Waals surface area contributed by atoms with Crippen molar-refractivity contribution in [2.24, 2.45) is 5.73 Å². The summed E-state index contributed by atoms with van der Waals surface area (Å²) in [5.74, 6) is -0.547. The number of hydrogen-bond donors (Lipinski definition) is 3. The van der Waals surface area contributed by atoms with Crippen molar-refractivity contribution < 1.29 is 9.59 Å². The summed E-state index contributed by atoms with van der Waals surface area (Å²) in [6.45, 7) is 1.12. The van der Waals surface area contributed by atoms with Crippen molar-refractivity contribution in [3.63, 3.8) is 0 Å². The van der Waals surface area contributed by atoms with Crippen LogP contribution in [0.1, 0.15) is 0 Å². The molecule has 0 aromatic carbocycles.